The molecular formula is C23H28N2O4. The molecular weight excluding hydrogens is 368 g/mol. The van der Waals surface area contributed by atoms with E-state index in [1.54, 1.807) is 11.8 Å². The van der Waals surface area contributed by atoms with E-state index in [2.05, 4.69) is 29.6 Å². The highest BCUT2D eigenvalue weighted by Crippen LogP contribution is 2.33. The second-order valence-electron chi connectivity index (χ2n) is 6.87. The predicted octanol–water partition coefficient (Wildman–Crippen LogP) is 3.52. The standard InChI is InChI=1S/C23H28N2O4/c1-3-28-22(26)15-24-14-18-10-11-19(17-8-6-5-7-9-17)20-12-13-25(16-21(18)20)23(27)29-4-2/h5-11,24H,3-4,12-16H2,1-2H3. The summed E-state index contributed by atoms with van der Waals surface area (Å²) in [5, 5.41) is 3.16. The summed E-state index contributed by atoms with van der Waals surface area (Å²) in [5.41, 5.74) is 5.82. The van der Waals surface area contributed by atoms with Crippen LogP contribution in [0.5, 0.6) is 0 Å². The second kappa shape index (κ2) is 10.1. The van der Waals surface area contributed by atoms with Crippen LogP contribution in [0.2, 0.25) is 0 Å². The molecule has 0 unspecified atom stereocenters. The van der Waals surface area contributed by atoms with E-state index in [-0.39, 0.29) is 18.6 Å². The first-order chi connectivity index (χ1) is 14.1. The van der Waals surface area contributed by atoms with Crippen LogP contribution in [0.15, 0.2) is 42.5 Å². The van der Waals surface area contributed by atoms with E-state index in [0.29, 0.717) is 32.8 Å². The fourth-order valence-corrected chi connectivity index (χ4v) is 3.68. The van der Waals surface area contributed by atoms with Gasteiger partial charge in [0.25, 0.3) is 0 Å². The molecule has 0 saturated heterocycles. The van der Waals surface area contributed by atoms with Gasteiger partial charge in [0.15, 0.2) is 0 Å². The zero-order valence-corrected chi connectivity index (χ0v) is 17.1. The molecule has 0 bridgehead atoms. The number of ether oxygens (including phenoxy) is 2. The maximum absolute atomic E-state index is 12.3. The summed E-state index contributed by atoms with van der Waals surface area (Å²) in [6, 6.07) is 14.5. The van der Waals surface area contributed by atoms with Gasteiger partial charge >= 0.3 is 12.1 Å². The van der Waals surface area contributed by atoms with Crippen molar-refractivity contribution in [3.63, 3.8) is 0 Å². The molecule has 1 heterocycles. The van der Waals surface area contributed by atoms with Crippen molar-refractivity contribution in [1.29, 1.82) is 0 Å². The average Bonchev–Trinajstić information content (AvgIpc) is 2.74. The Morgan fingerprint density at radius 2 is 1.76 bits per heavy atom. The van der Waals surface area contributed by atoms with Crippen LogP contribution >= 0.6 is 0 Å². The molecule has 0 saturated carbocycles. The molecule has 0 aromatic heterocycles. The van der Waals surface area contributed by atoms with E-state index < -0.39 is 0 Å². The van der Waals surface area contributed by atoms with E-state index in [4.69, 9.17) is 9.47 Å². The highest BCUT2D eigenvalue weighted by atomic mass is 16.6. The third-order valence-electron chi connectivity index (χ3n) is 5.01. The topological polar surface area (TPSA) is 67.9 Å². The maximum atomic E-state index is 12.3. The number of hydrogen-bond acceptors (Lipinski definition) is 5. The zero-order chi connectivity index (χ0) is 20.6. The molecule has 0 spiro atoms. The Hall–Kier alpha value is -2.86. The van der Waals surface area contributed by atoms with Crippen molar-refractivity contribution in [3.05, 3.63) is 59.2 Å². The van der Waals surface area contributed by atoms with Gasteiger partial charge in [0, 0.05) is 19.6 Å². The summed E-state index contributed by atoms with van der Waals surface area (Å²) in [4.78, 5) is 25.6. The van der Waals surface area contributed by atoms with Crippen LogP contribution in [0, 0.1) is 0 Å². The van der Waals surface area contributed by atoms with Crippen molar-refractivity contribution in [2.24, 2.45) is 0 Å². The van der Waals surface area contributed by atoms with Crippen molar-refractivity contribution < 1.29 is 19.1 Å². The fraction of sp³-hybridized carbons (Fsp3) is 0.391. The highest BCUT2D eigenvalue weighted by molar-refractivity contribution is 5.73. The minimum absolute atomic E-state index is 0.157. The van der Waals surface area contributed by atoms with Crippen LogP contribution in [0.25, 0.3) is 11.1 Å². The van der Waals surface area contributed by atoms with Gasteiger partial charge in [-0.15, -0.1) is 0 Å². The Balaban J connectivity index is 1.87. The second-order valence-corrected chi connectivity index (χ2v) is 6.87. The van der Waals surface area contributed by atoms with E-state index in [1.165, 1.54) is 16.7 Å². The number of amides is 1. The SMILES string of the molecule is CCOC(=O)CNCc1ccc(-c2ccccc2)c2c1CN(C(=O)OCC)CC2. The van der Waals surface area contributed by atoms with Crippen molar-refractivity contribution >= 4 is 12.1 Å². The molecule has 3 rings (SSSR count). The zero-order valence-electron chi connectivity index (χ0n) is 17.1. The van der Waals surface area contributed by atoms with Crippen molar-refractivity contribution in [1.82, 2.24) is 10.2 Å². The van der Waals surface area contributed by atoms with E-state index in [1.807, 2.05) is 25.1 Å². The lowest BCUT2D eigenvalue weighted by Crippen LogP contribution is -2.37. The lowest BCUT2D eigenvalue weighted by atomic mass is 9.87. The highest BCUT2D eigenvalue weighted by Gasteiger charge is 2.25. The number of hydrogen-bond donors (Lipinski definition) is 1. The van der Waals surface area contributed by atoms with E-state index in [9.17, 15) is 9.59 Å². The molecule has 154 valence electrons. The van der Waals surface area contributed by atoms with Gasteiger partial charge in [-0.2, -0.15) is 0 Å². The van der Waals surface area contributed by atoms with Crippen LogP contribution in [0.3, 0.4) is 0 Å². The van der Waals surface area contributed by atoms with Crippen LogP contribution in [0.4, 0.5) is 4.79 Å². The number of esters is 1. The third-order valence-corrected chi connectivity index (χ3v) is 5.01. The molecule has 1 N–H and O–H groups in total. The summed E-state index contributed by atoms with van der Waals surface area (Å²) in [6.07, 6.45) is 0.484. The molecule has 1 aliphatic heterocycles. The fourth-order valence-electron chi connectivity index (χ4n) is 3.68. The van der Waals surface area contributed by atoms with Crippen LogP contribution in [-0.2, 0) is 33.8 Å². The molecule has 0 aliphatic carbocycles. The predicted molar refractivity (Wildman–Crippen MR) is 111 cm³/mol. The molecule has 6 nitrogen and oxygen atoms in total. The summed E-state index contributed by atoms with van der Waals surface area (Å²) >= 11 is 0. The lowest BCUT2D eigenvalue weighted by molar-refractivity contribution is -0.142. The lowest BCUT2D eigenvalue weighted by Gasteiger charge is -2.31. The smallest absolute Gasteiger partial charge is 0.410 e. The molecule has 1 aliphatic rings. The molecule has 0 radical (unpaired) electrons. The normalized spacial score (nSPS) is 13.0. The first-order valence-corrected chi connectivity index (χ1v) is 10.1. The Morgan fingerprint density at radius 1 is 1.00 bits per heavy atom. The van der Waals surface area contributed by atoms with Gasteiger partial charge in [-0.05, 0) is 48.1 Å². The first-order valence-electron chi connectivity index (χ1n) is 10.1. The van der Waals surface area contributed by atoms with Gasteiger partial charge in [0.1, 0.15) is 0 Å². The minimum Gasteiger partial charge on any atom is -0.465 e. The van der Waals surface area contributed by atoms with Gasteiger partial charge in [0.05, 0.1) is 19.8 Å². The van der Waals surface area contributed by atoms with Gasteiger partial charge in [-0.1, -0.05) is 42.5 Å². The van der Waals surface area contributed by atoms with Crippen molar-refractivity contribution in [3.8, 4) is 11.1 Å². The number of carbonyl (C=O) groups excluding carboxylic acids is 2. The van der Waals surface area contributed by atoms with Gasteiger partial charge in [-0.25, -0.2) is 4.79 Å². The molecule has 2 aromatic carbocycles. The van der Waals surface area contributed by atoms with Crippen LogP contribution in [0.1, 0.15) is 30.5 Å². The quantitative estimate of drug-likeness (QED) is 0.726. The molecule has 1 amide bonds. The Morgan fingerprint density at radius 3 is 2.48 bits per heavy atom. The molecule has 6 heteroatoms. The number of nitrogens with zero attached hydrogens (tertiary/aromatic N) is 1. The molecule has 0 atom stereocenters. The van der Waals surface area contributed by atoms with Crippen molar-refractivity contribution in [2.45, 2.75) is 33.4 Å². The third kappa shape index (κ3) is 5.15. The Labute approximate surface area is 171 Å². The molecule has 29 heavy (non-hydrogen) atoms. The Bertz CT molecular complexity index is 851. The first kappa shape index (κ1) is 20.9. The number of fused-ring (bicyclic) bond motifs is 1. The maximum Gasteiger partial charge on any atom is 0.410 e. The monoisotopic (exact) mass is 396 g/mol. The largest absolute Gasteiger partial charge is 0.465 e. The minimum atomic E-state index is -0.284. The molecule has 2 aromatic rings. The molecule has 0 fully saturated rings. The average molecular weight is 396 g/mol. The van der Waals surface area contributed by atoms with E-state index in [0.717, 1.165) is 17.5 Å². The van der Waals surface area contributed by atoms with Gasteiger partial charge in [0.2, 0.25) is 0 Å². The number of benzene rings is 2. The number of rotatable bonds is 7. The number of nitrogens with one attached hydrogen (secondary N) is 1. The van der Waals surface area contributed by atoms with Crippen LogP contribution in [-0.4, -0.2) is 43.3 Å². The number of carbonyl (C=O) groups is 2. The van der Waals surface area contributed by atoms with Crippen LogP contribution < -0.4 is 5.32 Å². The van der Waals surface area contributed by atoms with Gasteiger partial charge in [-0.3, -0.25) is 4.79 Å². The van der Waals surface area contributed by atoms with Gasteiger partial charge < -0.3 is 19.7 Å². The summed E-state index contributed by atoms with van der Waals surface area (Å²) in [7, 11) is 0. The van der Waals surface area contributed by atoms with Crippen molar-refractivity contribution in [2.75, 3.05) is 26.3 Å². The summed E-state index contributed by atoms with van der Waals surface area (Å²) in [6.45, 7) is 6.17. The Kier molecular flexibility index (Phi) is 7.25. The van der Waals surface area contributed by atoms with E-state index >= 15 is 0 Å². The summed E-state index contributed by atoms with van der Waals surface area (Å²) < 4.78 is 10.2. The summed E-state index contributed by atoms with van der Waals surface area (Å²) in [5.74, 6) is -0.268.